The highest BCUT2D eigenvalue weighted by Gasteiger charge is 2.46. The fourth-order valence-corrected chi connectivity index (χ4v) is 2.21. The normalized spacial score (nSPS) is 27.7. The Kier molecular flexibility index (Phi) is 4.84. The van der Waals surface area contributed by atoms with Crippen LogP contribution in [0.25, 0.3) is 0 Å². The molecule has 6 nitrogen and oxygen atoms in total. The van der Waals surface area contributed by atoms with E-state index in [-0.39, 0.29) is 37.9 Å². The van der Waals surface area contributed by atoms with E-state index in [0.717, 1.165) is 0 Å². The third kappa shape index (κ3) is 3.29. The first-order valence-corrected chi connectivity index (χ1v) is 5.81. The Morgan fingerprint density at radius 1 is 1.39 bits per heavy atom. The van der Waals surface area contributed by atoms with Crippen molar-refractivity contribution >= 4 is 17.7 Å². The van der Waals surface area contributed by atoms with E-state index < -0.39 is 23.5 Å². The Hall–Kier alpha value is -1.43. The van der Waals surface area contributed by atoms with Crippen LogP contribution in [0.15, 0.2) is 0 Å². The molecule has 18 heavy (non-hydrogen) atoms. The van der Waals surface area contributed by atoms with Crippen molar-refractivity contribution in [1.82, 2.24) is 0 Å². The molecule has 1 aliphatic rings. The van der Waals surface area contributed by atoms with Gasteiger partial charge in [0.05, 0.1) is 25.7 Å². The molecule has 2 unspecified atom stereocenters. The van der Waals surface area contributed by atoms with E-state index in [2.05, 4.69) is 9.47 Å². The lowest BCUT2D eigenvalue weighted by Gasteiger charge is -2.37. The molecule has 1 aliphatic carbocycles. The van der Waals surface area contributed by atoms with Crippen molar-refractivity contribution in [3.05, 3.63) is 0 Å². The van der Waals surface area contributed by atoms with Crippen molar-refractivity contribution in [3.63, 3.8) is 0 Å². The van der Waals surface area contributed by atoms with Gasteiger partial charge in [-0.25, -0.2) is 0 Å². The van der Waals surface area contributed by atoms with Crippen molar-refractivity contribution in [2.75, 3.05) is 14.2 Å². The topological polar surface area (TPSA) is 89.9 Å². The van der Waals surface area contributed by atoms with Crippen LogP contribution >= 0.6 is 0 Å². The molecular weight excluding hydrogens is 240 g/mol. The number of hydrogen-bond acceptors (Lipinski definition) is 6. The maximum absolute atomic E-state index is 11.6. The largest absolute Gasteiger partial charge is 0.469 e. The van der Waals surface area contributed by atoms with Crippen molar-refractivity contribution in [2.45, 2.75) is 37.7 Å². The minimum Gasteiger partial charge on any atom is -0.469 e. The van der Waals surface area contributed by atoms with Crippen molar-refractivity contribution < 1.29 is 29.0 Å². The second kappa shape index (κ2) is 5.95. The van der Waals surface area contributed by atoms with E-state index in [9.17, 15) is 19.5 Å². The lowest BCUT2D eigenvalue weighted by atomic mass is 9.72. The lowest BCUT2D eigenvalue weighted by Crippen LogP contribution is -2.47. The number of aliphatic hydroxyl groups is 1. The predicted molar refractivity (Wildman–Crippen MR) is 60.6 cm³/mol. The minimum atomic E-state index is -1.37. The molecular formula is C12H18O6. The van der Waals surface area contributed by atoms with Crippen LogP contribution in [0.4, 0.5) is 0 Å². The summed E-state index contributed by atoms with van der Waals surface area (Å²) >= 11 is 0. The maximum atomic E-state index is 11.6. The molecule has 0 aromatic rings. The van der Waals surface area contributed by atoms with Crippen LogP contribution in [0.5, 0.6) is 0 Å². The number of esters is 2. The zero-order valence-corrected chi connectivity index (χ0v) is 10.6. The number of hydrogen-bond donors (Lipinski definition) is 1. The standard InChI is InChI=1S/C12H18O6/c1-17-10(14)4-6-12(16)5-3-8(13)7-9(12)11(15)18-2/h9,16H,3-7H2,1-2H3. The van der Waals surface area contributed by atoms with Crippen molar-refractivity contribution in [3.8, 4) is 0 Å². The molecule has 0 aliphatic heterocycles. The highest BCUT2D eigenvalue weighted by atomic mass is 16.5. The molecule has 6 heteroatoms. The highest BCUT2D eigenvalue weighted by molar-refractivity contribution is 5.87. The zero-order chi connectivity index (χ0) is 13.8. The Morgan fingerprint density at radius 2 is 2.06 bits per heavy atom. The van der Waals surface area contributed by atoms with E-state index in [0.29, 0.717) is 0 Å². The molecule has 2 atom stereocenters. The molecule has 1 rings (SSSR count). The molecule has 0 saturated heterocycles. The fourth-order valence-electron chi connectivity index (χ4n) is 2.21. The van der Waals surface area contributed by atoms with Crippen LogP contribution in [0.2, 0.25) is 0 Å². The monoisotopic (exact) mass is 258 g/mol. The van der Waals surface area contributed by atoms with Gasteiger partial charge in [0.2, 0.25) is 0 Å². The van der Waals surface area contributed by atoms with Gasteiger partial charge in [-0.15, -0.1) is 0 Å². The van der Waals surface area contributed by atoms with Gasteiger partial charge in [-0.05, 0) is 12.8 Å². The first-order valence-electron chi connectivity index (χ1n) is 5.81. The van der Waals surface area contributed by atoms with Crippen LogP contribution in [0, 0.1) is 5.92 Å². The summed E-state index contributed by atoms with van der Waals surface area (Å²) in [4.78, 5) is 34.0. The second-order valence-electron chi connectivity index (χ2n) is 4.50. The van der Waals surface area contributed by atoms with Crippen molar-refractivity contribution in [1.29, 1.82) is 0 Å². The summed E-state index contributed by atoms with van der Waals surface area (Å²) in [6, 6.07) is 0. The molecule has 1 N–H and O–H groups in total. The number of ether oxygens (including phenoxy) is 2. The first-order chi connectivity index (χ1) is 8.42. The summed E-state index contributed by atoms with van der Waals surface area (Å²) in [6.07, 6.45) is 0.444. The number of rotatable bonds is 4. The number of ketones is 1. The second-order valence-corrected chi connectivity index (χ2v) is 4.50. The van der Waals surface area contributed by atoms with Gasteiger partial charge in [-0.1, -0.05) is 0 Å². The van der Waals surface area contributed by atoms with Crippen LogP contribution in [-0.2, 0) is 23.9 Å². The summed E-state index contributed by atoms with van der Waals surface area (Å²) in [7, 11) is 2.47. The smallest absolute Gasteiger partial charge is 0.312 e. The quantitative estimate of drug-likeness (QED) is 0.725. The van der Waals surface area contributed by atoms with Gasteiger partial charge >= 0.3 is 11.9 Å². The van der Waals surface area contributed by atoms with E-state index in [1.54, 1.807) is 0 Å². The van der Waals surface area contributed by atoms with Gasteiger partial charge in [-0.3, -0.25) is 14.4 Å². The third-order valence-electron chi connectivity index (χ3n) is 3.39. The van der Waals surface area contributed by atoms with Gasteiger partial charge in [0, 0.05) is 19.3 Å². The van der Waals surface area contributed by atoms with Gasteiger partial charge < -0.3 is 14.6 Å². The molecule has 0 bridgehead atoms. The average Bonchev–Trinajstić information content (AvgIpc) is 2.38. The number of carbonyl (C=O) groups excluding carboxylic acids is 3. The Balaban J connectivity index is 2.77. The van der Waals surface area contributed by atoms with E-state index >= 15 is 0 Å². The van der Waals surface area contributed by atoms with Crippen LogP contribution in [0.3, 0.4) is 0 Å². The summed E-state index contributed by atoms with van der Waals surface area (Å²) in [5.41, 5.74) is -1.37. The molecule has 0 radical (unpaired) electrons. The van der Waals surface area contributed by atoms with Crippen molar-refractivity contribution in [2.24, 2.45) is 5.92 Å². The minimum absolute atomic E-state index is 0.00862. The van der Waals surface area contributed by atoms with Crippen LogP contribution in [-0.4, -0.2) is 42.6 Å². The van der Waals surface area contributed by atoms with Gasteiger partial charge in [-0.2, -0.15) is 0 Å². The molecule has 0 heterocycles. The van der Waals surface area contributed by atoms with Crippen LogP contribution < -0.4 is 0 Å². The third-order valence-corrected chi connectivity index (χ3v) is 3.39. The fraction of sp³-hybridized carbons (Fsp3) is 0.750. The summed E-state index contributed by atoms with van der Waals surface area (Å²) in [5, 5.41) is 10.4. The molecule has 1 saturated carbocycles. The van der Waals surface area contributed by atoms with Gasteiger partial charge in [0.15, 0.2) is 0 Å². The van der Waals surface area contributed by atoms with E-state index in [4.69, 9.17) is 0 Å². The summed E-state index contributed by atoms with van der Waals surface area (Å²) in [6.45, 7) is 0. The molecule has 102 valence electrons. The summed E-state index contributed by atoms with van der Waals surface area (Å²) in [5.74, 6) is -2.04. The Labute approximate surface area is 105 Å². The maximum Gasteiger partial charge on any atom is 0.312 e. The number of carbonyl (C=O) groups is 3. The Morgan fingerprint density at radius 3 is 2.61 bits per heavy atom. The Bertz CT molecular complexity index is 350. The highest BCUT2D eigenvalue weighted by Crippen LogP contribution is 2.36. The number of Topliss-reactive ketones (excluding diaryl/α,β-unsaturated/α-hetero) is 1. The first kappa shape index (κ1) is 14.6. The van der Waals surface area contributed by atoms with E-state index in [1.807, 2.05) is 0 Å². The SMILES string of the molecule is COC(=O)CCC1(O)CCC(=O)CC1C(=O)OC. The molecule has 0 aromatic heterocycles. The zero-order valence-electron chi connectivity index (χ0n) is 10.6. The molecule has 1 fully saturated rings. The number of methoxy groups -OCH3 is 2. The van der Waals surface area contributed by atoms with Gasteiger partial charge in [0.25, 0.3) is 0 Å². The predicted octanol–water partition coefficient (Wildman–Crippen LogP) is 0.213. The van der Waals surface area contributed by atoms with Gasteiger partial charge in [0.1, 0.15) is 5.78 Å². The molecule has 0 amide bonds. The molecule has 0 spiro atoms. The average molecular weight is 258 g/mol. The summed E-state index contributed by atoms with van der Waals surface area (Å²) < 4.78 is 9.10. The van der Waals surface area contributed by atoms with Crippen LogP contribution in [0.1, 0.15) is 32.1 Å². The van der Waals surface area contributed by atoms with E-state index in [1.165, 1.54) is 14.2 Å². The molecule has 0 aromatic carbocycles. The lowest BCUT2D eigenvalue weighted by molar-refractivity contribution is -0.165.